The average Bonchev–Trinajstić information content (AvgIpc) is 1.89. The zero-order valence-corrected chi connectivity index (χ0v) is 7.37. The van der Waals surface area contributed by atoms with E-state index in [1.165, 1.54) is 0 Å². The minimum Gasteiger partial charge on any atom is -0.506 e. The molecule has 82 valence electrons. The molecule has 14 heavy (non-hydrogen) atoms. The van der Waals surface area contributed by atoms with Gasteiger partial charge in [0, 0.05) is 6.07 Å². The molecule has 0 amide bonds. The molecule has 8 heteroatoms. The molecule has 0 heterocycles. The van der Waals surface area contributed by atoms with Gasteiger partial charge in [0.2, 0.25) is 0 Å². The van der Waals surface area contributed by atoms with Gasteiger partial charge in [-0.15, -0.1) is 0 Å². The lowest BCUT2D eigenvalue weighted by Crippen LogP contribution is -2.05. The number of nitrogen functional groups attached to an aromatic ring is 1. The van der Waals surface area contributed by atoms with Crippen LogP contribution >= 0.6 is 10.2 Å². The number of aromatic hydroxyl groups is 1. The summed E-state index contributed by atoms with van der Waals surface area (Å²) >= 11 is 0. The lowest BCUT2D eigenvalue weighted by Gasteiger charge is -2.40. The summed E-state index contributed by atoms with van der Waals surface area (Å²) in [6, 6.07) is 0.621. The van der Waals surface area contributed by atoms with Crippen molar-refractivity contribution < 1.29 is 24.5 Å². The van der Waals surface area contributed by atoms with E-state index >= 15 is 0 Å². The molecule has 0 saturated carbocycles. The van der Waals surface area contributed by atoms with Gasteiger partial charge in [0.25, 0.3) is 0 Å². The van der Waals surface area contributed by atoms with E-state index in [4.69, 9.17) is 10.8 Å². The highest BCUT2D eigenvalue weighted by Gasteiger charge is 2.65. The van der Waals surface area contributed by atoms with Gasteiger partial charge >= 0.3 is 10.2 Å². The summed E-state index contributed by atoms with van der Waals surface area (Å²) in [6.07, 6.45) is 0. The molecule has 0 aliphatic carbocycles. The van der Waals surface area contributed by atoms with Crippen LogP contribution in [-0.4, -0.2) is 5.11 Å². The van der Waals surface area contributed by atoms with Crippen molar-refractivity contribution in [1.29, 1.82) is 0 Å². The number of anilines is 1. The molecular formula is C6H6F5NOS. The largest absolute Gasteiger partial charge is 0.506 e. The Morgan fingerprint density at radius 3 is 1.93 bits per heavy atom. The number of phenolic OH excluding ortho intramolecular Hbond substituents is 1. The number of nitrogens with two attached hydrogens (primary N) is 1. The number of halogens is 5. The van der Waals surface area contributed by atoms with Crippen LogP contribution in [0.2, 0.25) is 0 Å². The van der Waals surface area contributed by atoms with E-state index in [0.717, 1.165) is 0 Å². The number of phenols is 1. The highest BCUT2D eigenvalue weighted by atomic mass is 32.5. The molecule has 3 N–H and O–H groups in total. The Labute approximate surface area is 75.9 Å². The maximum Gasteiger partial charge on any atom is 0.310 e. The van der Waals surface area contributed by atoms with E-state index in [-0.39, 0.29) is 12.1 Å². The first kappa shape index (κ1) is 10.9. The third-order valence-corrected chi connectivity index (χ3v) is 2.59. The summed E-state index contributed by atoms with van der Waals surface area (Å²) in [5.74, 6) is -1.02. The molecule has 2 nitrogen and oxygen atoms in total. The molecule has 0 aliphatic rings. The highest BCUT2D eigenvalue weighted by molar-refractivity contribution is 8.45. The molecule has 1 aromatic carbocycles. The number of benzene rings is 1. The zero-order valence-electron chi connectivity index (χ0n) is 6.55. The normalized spacial score (nSPS) is 17.2. The van der Waals surface area contributed by atoms with Gasteiger partial charge in [-0.3, -0.25) is 0 Å². The van der Waals surface area contributed by atoms with E-state index in [0.29, 0.717) is 6.07 Å². The van der Waals surface area contributed by atoms with E-state index in [9.17, 15) is 19.4 Å². The fourth-order valence-electron chi connectivity index (χ4n) is 0.763. The Kier molecular flexibility index (Phi) is 1.62. The Morgan fingerprint density at radius 1 is 1.07 bits per heavy atom. The van der Waals surface area contributed by atoms with Crippen molar-refractivity contribution in [3.8, 4) is 5.75 Å². The van der Waals surface area contributed by atoms with Crippen LogP contribution in [0, 0.1) is 0 Å². The summed E-state index contributed by atoms with van der Waals surface area (Å²) in [5.41, 5.74) is 4.58. The molecule has 1 rings (SSSR count). The van der Waals surface area contributed by atoms with Gasteiger partial charge in [-0.05, 0) is 12.1 Å². The van der Waals surface area contributed by atoms with Gasteiger partial charge in [-0.2, -0.15) is 0 Å². The summed E-state index contributed by atoms with van der Waals surface area (Å²) < 4.78 is 60.5. The minimum absolute atomic E-state index is 0.0864. The van der Waals surface area contributed by atoms with E-state index < -0.39 is 26.6 Å². The quantitative estimate of drug-likeness (QED) is 0.443. The van der Waals surface area contributed by atoms with Crippen molar-refractivity contribution in [2.75, 3.05) is 5.73 Å². The van der Waals surface area contributed by atoms with Gasteiger partial charge in [-0.25, -0.2) is 0 Å². The Balaban J connectivity index is 3.45. The first-order valence-corrected chi connectivity index (χ1v) is 5.18. The van der Waals surface area contributed by atoms with Gasteiger partial charge in [0.1, 0.15) is 10.6 Å². The maximum atomic E-state index is 12.1. The summed E-state index contributed by atoms with van der Waals surface area (Å²) in [7, 11) is -9.70. The van der Waals surface area contributed by atoms with Crippen molar-refractivity contribution in [2.24, 2.45) is 0 Å². The lowest BCUT2D eigenvalue weighted by atomic mass is 10.3. The molecule has 0 aliphatic heterocycles. The fourth-order valence-corrected chi connectivity index (χ4v) is 1.42. The van der Waals surface area contributed by atoms with E-state index in [2.05, 4.69) is 0 Å². The van der Waals surface area contributed by atoms with Gasteiger partial charge in [0.15, 0.2) is 0 Å². The van der Waals surface area contributed by atoms with Crippen LogP contribution in [0.4, 0.5) is 25.1 Å². The second-order valence-corrected chi connectivity index (χ2v) is 5.10. The molecule has 0 bridgehead atoms. The zero-order chi connectivity index (χ0) is 11.3. The van der Waals surface area contributed by atoms with Crippen molar-refractivity contribution >= 4 is 15.9 Å². The first-order chi connectivity index (χ1) is 5.90. The van der Waals surface area contributed by atoms with E-state index in [1.807, 2.05) is 0 Å². The molecule has 1 aromatic rings. The van der Waals surface area contributed by atoms with Gasteiger partial charge in [-0.1, -0.05) is 19.4 Å². The maximum absolute atomic E-state index is 12.1. The SMILES string of the molecule is Nc1ccc(S(F)(F)(F)(F)F)cc1O. The van der Waals surface area contributed by atoms with Crippen LogP contribution in [-0.2, 0) is 0 Å². The molecule has 0 radical (unpaired) electrons. The van der Waals surface area contributed by atoms with Crippen molar-refractivity contribution in [3.05, 3.63) is 18.2 Å². The average molecular weight is 235 g/mol. The summed E-state index contributed by atoms with van der Waals surface area (Å²) in [5, 5.41) is 8.75. The number of hydrogen-bond acceptors (Lipinski definition) is 2. The van der Waals surface area contributed by atoms with Crippen LogP contribution in [0.15, 0.2) is 23.1 Å². The molecule has 0 spiro atoms. The van der Waals surface area contributed by atoms with Crippen molar-refractivity contribution in [1.82, 2.24) is 0 Å². The second-order valence-electron chi connectivity index (χ2n) is 2.69. The molecule has 0 fully saturated rings. The predicted molar refractivity (Wildman–Crippen MR) is 43.9 cm³/mol. The molecule has 0 saturated heterocycles. The number of hydrogen-bond donors (Lipinski definition) is 2. The third kappa shape index (κ3) is 2.19. The van der Waals surface area contributed by atoms with Crippen LogP contribution in [0.1, 0.15) is 0 Å². The molecule has 0 unspecified atom stereocenters. The lowest BCUT2D eigenvalue weighted by molar-refractivity contribution is 0.362. The second kappa shape index (κ2) is 2.08. The van der Waals surface area contributed by atoms with Crippen LogP contribution in [0.3, 0.4) is 0 Å². The first-order valence-electron chi connectivity index (χ1n) is 3.23. The topological polar surface area (TPSA) is 46.2 Å². The number of rotatable bonds is 1. The minimum atomic E-state index is -9.70. The van der Waals surface area contributed by atoms with Gasteiger partial charge < -0.3 is 10.8 Å². The van der Waals surface area contributed by atoms with Crippen LogP contribution in [0.5, 0.6) is 5.75 Å². The highest BCUT2D eigenvalue weighted by Crippen LogP contribution is 3.02. The molecular weight excluding hydrogens is 229 g/mol. The van der Waals surface area contributed by atoms with E-state index in [1.54, 1.807) is 0 Å². The molecule has 0 atom stereocenters. The smallest absolute Gasteiger partial charge is 0.310 e. The van der Waals surface area contributed by atoms with Crippen molar-refractivity contribution in [3.63, 3.8) is 0 Å². The third-order valence-electron chi connectivity index (χ3n) is 1.45. The van der Waals surface area contributed by atoms with Crippen molar-refractivity contribution in [2.45, 2.75) is 4.90 Å². The fraction of sp³-hybridized carbons (Fsp3) is 0. The van der Waals surface area contributed by atoms with Crippen LogP contribution < -0.4 is 5.73 Å². The van der Waals surface area contributed by atoms with Crippen LogP contribution in [0.25, 0.3) is 0 Å². The standard InChI is InChI=1S/C6H6F5NOS/c7-14(8,9,10,11)4-1-2-5(12)6(13)3-4/h1-3,13H,12H2. The Hall–Kier alpha value is -1.18. The molecule has 0 aromatic heterocycles. The monoisotopic (exact) mass is 235 g/mol. The van der Waals surface area contributed by atoms with Gasteiger partial charge in [0.05, 0.1) is 5.69 Å². The predicted octanol–water partition coefficient (Wildman–Crippen LogP) is 3.63. The summed E-state index contributed by atoms with van der Waals surface area (Å²) in [4.78, 5) is -2.16. The summed E-state index contributed by atoms with van der Waals surface area (Å²) in [6.45, 7) is 0. The Morgan fingerprint density at radius 2 is 1.57 bits per heavy atom. The Bertz CT molecular complexity index is 386.